The lowest BCUT2D eigenvalue weighted by molar-refractivity contribution is -0.144. The van der Waals surface area contributed by atoms with Gasteiger partial charge in [-0.25, -0.2) is 4.98 Å². The summed E-state index contributed by atoms with van der Waals surface area (Å²) in [7, 11) is 0. The molecule has 0 atom stereocenters. The van der Waals surface area contributed by atoms with Gasteiger partial charge in [-0.3, -0.25) is 0 Å². The van der Waals surface area contributed by atoms with Gasteiger partial charge in [-0.2, -0.15) is 4.98 Å². The van der Waals surface area contributed by atoms with Crippen LogP contribution in [-0.4, -0.2) is 40.7 Å². The number of nitrogens with zero attached hydrogens (tertiary/aromatic N) is 3. The minimum atomic E-state index is -0.497. The summed E-state index contributed by atoms with van der Waals surface area (Å²) >= 11 is 0. The standard InChI is InChI=1S/C16H22N4O3/c1-11(2)14-19-15(23-20-14)12-4-6-17-13(10-12)18-7-5-16(3)21-8-9-22-16/h4,6,10-11H,5,7-9H2,1-3H3,(H,17,18). The van der Waals surface area contributed by atoms with E-state index in [0.29, 0.717) is 31.5 Å². The van der Waals surface area contributed by atoms with Gasteiger partial charge in [0.15, 0.2) is 11.6 Å². The summed E-state index contributed by atoms with van der Waals surface area (Å²) in [4.78, 5) is 8.71. The van der Waals surface area contributed by atoms with Crippen molar-refractivity contribution in [3.05, 3.63) is 24.2 Å². The number of pyridine rings is 1. The van der Waals surface area contributed by atoms with Crippen molar-refractivity contribution in [1.82, 2.24) is 15.1 Å². The van der Waals surface area contributed by atoms with Gasteiger partial charge in [-0.15, -0.1) is 0 Å². The van der Waals surface area contributed by atoms with Gasteiger partial charge in [0, 0.05) is 30.6 Å². The first-order chi connectivity index (χ1) is 11.1. The molecule has 0 aromatic carbocycles. The third-order valence-electron chi connectivity index (χ3n) is 3.75. The second-order valence-electron chi connectivity index (χ2n) is 6.05. The third kappa shape index (κ3) is 3.86. The molecule has 1 aliphatic heterocycles. The molecule has 0 radical (unpaired) electrons. The first kappa shape index (κ1) is 15.9. The summed E-state index contributed by atoms with van der Waals surface area (Å²) in [6.07, 6.45) is 2.47. The molecule has 0 amide bonds. The van der Waals surface area contributed by atoms with Crippen molar-refractivity contribution >= 4 is 5.82 Å². The molecule has 1 saturated heterocycles. The van der Waals surface area contributed by atoms with Crippen LogP contribution >= 0.6 is 0 Å². The van der Waals surface area contributed by atoms with Gasteiger partial charge in [0.25, 0.3) is 5.89 Å². The van der Waals surface area contributed by atoms with Crippen LogP contribution in [0.4, 0.5) is 5.82 Å². The number of anilines is 1. The molecule has 2 aromatic rings. The third-order valence-corrected chi connectivity index (χ3v) is 3.75. The van der Waals surface area contributed by atoms with Crippen LogP contribution in [0.25, 0.3) is 11.5 Å². The molecule has 0 bridgehead atoms. The summed E-state index contributed by atoms with van der Waals surface area (Å²) in [5.74, 6) is 1.71. The Morgan fingerprint density at radius 3 is 2.78 bits per heavy atom. The quantitative estimate of drug-likeness (QED) is 0.877. The average molecular weight is 318 g/mol. The first-order valence-corrected chi connectivity index (χ1v) is 7.87. The Labute approximate surface area is 135 Å². The molecule has 2 aromatic heterocycles. The van der Waals surface area contributed by atoms with E-state index in [2.05, 4.69) is 20.4 Å². The van der Waals surface area contributed by atoms with Gasteiger partial charge in [-0.1, -0.05) is 19.0 Å². The Kier molecular flexibility index (Phi) is 4.58. The molecule has 0 spiro atoms. The summed E-state index contributed by atoms with van der Waals surface area (Å²) in [6, 6.07) is 3.75. The van der Waals surface area contributed by atoms with E-state index in [1.807, 2.05) is 32.9 Å². The van der Waals surface area contributed by atoms with Crippen LogP contribution in [0.3, 0.4) is 0 Å². The number of hydrogen-bond donors (Lipinski definition) is 1. The largest absolute Gasteiger partial charge is 0.370 e. The Hall–Kier alpha value is -1.99. The van der Waals surface area contributed by atoms with Gasteiger partial charge in [0.05, 0.1) is 13.2 Å². The second kappa shape index (κ2) is 6.64. The monoisotopic (exact) mass is 318 g/mol. The highest BCUT2D eigenvalue weighted by atomic mass is 16.7. The Morgan fingerprint density at radius 2 is 2.09 bits per heavy atom. The topological polar surface area (TPSA) is 82.3 Å². The predicted octanol–water partition coefficient (Wildman–Crippen LogP) is 2.82. The summed E-state index contributed by atoms with van der Waals surface area (Å²) in [6.45, 7) is 8.02. The Bertz CT molecular complexity index is 650. The summed E-state index contributed by atoms with van der Waals surface area (Å²) < 4.78 is 16.5. The van der Waals surface area contributed by atoms with Crippen molar-refractivity contribution in [3.63, 3.8) is 0 Å². The highest BCUT2D eigenvalue weighted by Gasteiger charge is 2.30. The van der Waals surface area contributed by atoms with E-state index in [0.717, 1.165) is 17.8 Å². The predicted molar refractivity (Wildman–Crippen MR) is 85.0 cm³/mol. The van der Waals surface area contributed by atoms with Crippen LogP contribution in [0.2, 0.25) is 0 Å². The number of hydrogen-bond acceptors (Lipinski definition) is 7. The maximum Gasteiger partial charge on any atom is 0.258 e. The van der Waals surface area contributed by atoms with E-state index in [1.165, 1.54) is 0 Å². The lowest BCUT2D eigenvalue weighted by Gasteiger charge is -2.22. The average Bonchev–Trinajstić information content (AvgIpc) is 3.17. The number of ether oxygens (including phenoxy) is 2. The van der Waals surface area contributed by atoms with Crippen LogP contribution in [-0.2, 0) is 9.47 Å². The van der Waals surface area contributed by atoms with Crippen molar-refractivity contribution in [2.24, 2.45) is 0 Å². The van der Waals surface area contributed by atoms with E-state index >= 15 is 0 Å². The van der Waals surface area contributed by atoms with Crippen molar-refractivity contribution < 1.29 is 14.0 Å². The van der Waals surface area contributed by atoms with Gasteiger partial charge >= 0.3 is 0 Å². The molecule has 3 rings (SSSR count). The maximum atomic E-state index is 5.58. The van der Waals surface area contributed by atoms with E-state index in [4.69, 9.17) is 14.0 Å². The van der Waals surface area contributed by atoms with E-state index in [9.17, 15) is 0 Å². The molecule has 0 aliphatic carbocycles. The molecule has 0 saturated carbocycles. The molecular formula is C16H22N4O3. The molecule has 1 fully saturated rings. The smallest absolute Gasteiger partial charge is 0.258 e. The van der Waals surface area contributed by atoms with Crippen molar-refractivity contribution in [3.8, 4) is 11.5 Å². The normalized spacial score (nSPS) is 16.9. The van der Waals surface area contributed by atoms with Crippen LogP contribution in [0.15, 0.2) is 22.9 Å². The van der Waals surface area contributed by atoms with Crippen LogP contribution in [0.5, 0.6) is 0 Å². The van der Waals surface area contributed by atoms with Gasteiger partial charge < -0.3 is 19.3 Å². The summed E-state index contributed by atoms with van der Waals surface area (Å²) in [5.41, 5.74) is 0.849. The van der Waals surface area contributed by atoms with E-state index in [1.54, 1.807) is 6.20 Å². The Morgan fingerprint density at radius 1 is 1.30 bits per heavy atom. The van der Waals surface area contributed by atoms with Crippen LogP contribution < -0.4 is 5.32 Å². The minimum absolute atomic E-state index is 0.235. The molecule has 3 heterocycles. The Balaban J connectivity index is 1.62. The zero-order valence-electron chi connectivity index (χ0n) is 13.7. The molecule has 1 aliphatic rings. The fraction of sp³-hybridized carbons (Fsp3) is 0.562. The van der Waals surface area contributed by atoms with Crippen molar-refractivity contribution in [1.29, 1.82) is 0 Å². The number of rotatable bonds is 6. The maximum absolute atomic E-state index is 5.58. The summed E-state index contributed by atoms with van der Waals surface area (Å²) in [5, 5.41) is 7.26. The highest BCUT2D eigenvalue weighted by Crippen LogP contribution is 2.24. The van der Waals surface area contributed by atoms with Crippen LogP contribution in [0, 0.1) is 0 Å². The van der Waals surface area contributed by atoms with Gasteiger partial charge in [0.2, 0.25) is 0 Å². The molecule has 7 heteroatoms. The zero-order valence-corrected chi connectivity index (χ0v) is 13.7. The number of nitrogens with one attached hydrogen (secondary N) is 1. The molecule has 23 heavy (non-hydrogen) atoms. The number of aromatic nitrogens is 3. The fourth-order valence-corrected chi connectivity index (χ4v) is 2.37. The molecule has 0 unspecified atom stereocenters. The lowest BCUT2D eigenvalue weighted by Crippen LogP contribution is -2.28. The van der Waals surface area contributed by atoms with Crippen molar-refractivity contribution in [2.75, 3.05) is 25.1 Å². The molecular weight excluding hydrogens is 296 g/mol. The zero-order chi connectivity index (χ0) is 16.3. The van der Waals surface area contributed by atoms with Gasteiger partial charge in [0.1, 0.15) is 5.82 Å². The second-order valence-corrected chi connectivity index (χ2v) is 6.05. The van der Waals surface area contributed by atoms with E-state index in [-0.39, 0.29) is 5.92 Å². The highest BCUT2D eigenvalue weighted by molar-refractivity contribution is 5.57. The first-order valence-electron chi connectivity index (χ1n) is 7.87. The minimum Gasteiger partial charge on any atom is -0.370 e. The molecule has 1 N–H and O–H groups in total. The lowest BCUT2D eigenvalue weighted by atomic mass is 10.2. The fourth-order valence-electron chi connectivity index (χ4n) is 2.37. The van der Waals surface area contributed by atoms with Crippen molar-refractivity contribution in [2.45, 2.75) is 38.9 Å². The molecule has 124 valence electrons. The van der Waals surface area contributed by atoms with Crippen LogP contribution in [0.1, 0.15) is 38.9 Å². The van der Waals surface area contributed by atoms with Gasteiger partial charge in [-0.05, 0) is 19.1 Å². The SMILES string of the molecule is CC(C)c1noc(-c2ccnc(NCCC3(C)OCCO3)c2)n1. The molecule has 7 nitrogen and oxygen atoms in total. The van der Waals surface area contributed by atoms with E-state index < -0.39 is 5.79 Å².